The fourth-order valence-corrected chi connectivity index (χ4v) is 2.94. The van der Waals surface area contributed by atoms with Gasteiger partial charge < -0.3 is 9.84 Å². The van der Waals surface area contributed by atoms with Gasteiger partial charge in [-0.1, -0.05) is 24.3 Å². The normalized spacial score (nSPS) is 16.2. The van der Waals surface area contributed by atoms with Crippen molar-refractivity contribution in [3.8, 4) is 11.1 Å². The number of aliphatic hydroxyl groups excluding tert-OH is 1. The standard InChI is InChI=1S/C17H22N2O2/c20-8-5-15-3-1-2-4-17(15)16-11-18-19(13-16)12-14-6-9-21-10-7-14/h1-4,11,13-14,20H,5-10,12H2. The number of rotatable bonds is 5. The van der Waals surface area contributed by atoms with Gasteiger partial charge in [0.15, 0.2) is 0 Å². The number of ether oxygens (including phenoxy) is 1. The molecule has 112 valence electrons. The molecule has 0 atom stereocenters. The summed E-state index contributed by atoms with van der Waals surface area (Å²) in [7, 11) is 0. The zero-order valence-electron chi connectivity index (χ0n) is 12.2. The summed E-state index contributed by atoms with van der Waals surface area (Å²) in [6.07, 6.45) is 6.97. The highest BCUT2D eigenvalue weighted by Crippen LogP contribution is 2.24. The van der Waals surface area contributed by atoms with E-state index in [1.54, 1.807) is 0 Å². The predicted molar refractivity (Wildman–Crippen MR) is 82.0 cm³/mol. The molecule has 0 saturated carbocycles. The van der Waals surface area contributed by atoms with Crippen molar-refractivity contribution in [2.24, 2.45) is 5.92 Å². The van der Waals surface area contributed by atoms with Gasteiger partial charge in [-0.15, -0.1) is 0 Å². The first-order valence-electron chi connectivity index (χ1n) is 7.66. The highest BCUT2D eigenvalue weighted by molar-refractivity contribution is 5.65. The average molecular weight is 286 g/mol. The van der Waals surface area contributed by atoms with Gasteiger partial charge in [0.25, 0.3) is 0 Å². The van der Waals surface area contributed by atoms with Crippen molar-refractivity contribution in [1.29, 1.82) is 0 Å². The van der Waals surface area contributed by atoms with Crippen LogP contribution in [0.25, 0.3) is 11.1 Å². The minimum atomic E-state index is 0.174. The molecule has 1 aromatic heterocycles. The summed E-state index contributed by atoms with van der Waals surface area (Å²) in [4.78, 5) is 0. The third-order valence-corrected chi connectivity index (χ3v) is 4.13. The van der Waals surface area contributed by atoms with E-state index in [-0.39, 0.29) is 6.61 Å². The highest BCUT2D eigenvalue weighted by Gasteiger charge is 2.15. The van der Waals surface area contributed by atoms with Gasteiger partial charge in [-0.25, -0.2) is 0 Å². The molecule has 3 rings (SSSR count). The Hall–Kier alpha value is -1.65. The lowest BCUT2D eigenvalue weighted by atomic mass is 10.00. The van der Waals surface area contributed by atoms with Gasteiger partial charge in [0.2, 0.25) is 0 Å². The van der Waals surface area contributed by atoms with Crippen LogP contribution in [0.2, 0.25) is 0 Å². The van der Waals surface area contributed by atoms with Crippen molar-refractivity contribution in [2.45, 2.75) is 25.8 Å². The third-order valence-electron chi connectivity index (χ3n) is 4.13. The van der Waals surface area contributed by atoms with Gasteiger partial charge in [-0.05, 0) is 36.3 Å². The van der Waals surface area contributed by atoms with Crippen LogP contribution in [-0.2, 0) is 17.7 Å². The van der Waals surface area contributed by atoms with E-state index in [9.17, 15) is 5.11 Å². The molecule has 1 aliphatic rings. The maximum Gasteiger partial charge on any atom is 0.0568 e. The molecule has 1 aromatic carbocycles. The molecular weight excluding hydrogens is 264 g/mol. The van der Waals surface area contributed by atoms with E-state index < -0.39 is 0 Å². The van der Waals surface area contributed by atoms with Crippen LogP contribution in [0.4, 0.5) is 0 Å². The summed E-state index contributed by atoms with van der Waals surface area (Å²) in [5.41, 5.74) is 3.47. The number of hydrogen-bond donors (Lipinski definition) is 1. The molecular formula is C17H22N2O2. The molecule has 0 bridgehead atoms. The molecule has 1 N–H and O–H groups in total. The Labute approximate surface area is 125 Å². The van der Waals surface area contributed by atoms with Gasteiger partial charge in [0.1, 0.15) is 0 Å². The second kappa shape index (κ2) is 6.87. The van der Waals surface area contributed by atoms with Gasteiger partial charge in [-0.2, -0.15) is 5.10 Å². The van der Waals surface area contributed by atoms with Crippen molar-refractivity contribution >= 4 is 0 Å². The maximum atomic E-state index is 9.18. The molecule has 2 aromatic rings. The molecule has 4 nitrogen and oxygen atoms in total. The summed E-state index contributed by atoms with van der Waals surface area (Å²) in [6, 6.07) is 8.22. The first-order chi connectivity index (χ1) is 10.4. The third kappa shape index (κ3) is 3.52. The molecule has 1 aliphatic heterocycles. The highest BCUT2D eigenvalue weighted by atomic mass is 16.5. The molecule has 0 unspecified atom stereocenters. The minimum Gasteiger partial charge on any atom is -0.396 e. The zero-order valence-corrected chi connectivity index (χ0v) is 12.2. The molecule has 0 radical (unpaired) electrons. The van der Waals surface area contributed by atoms with Crippen molar-refractivity contribution in [3.63, 3.8) is 0 Å². The van der Waals surface area contributed by atoms with Crippen LogP contribution < -0.4 is 0 Å². The Kier molecular flexibility index (Phi) is 4.68. The first-order valence-corrected chi connectivity index (χ1v) is 7.66. The van der Waals surface area contributed by atoms with Crippen LogP contribution in [0.5, 0.6) is 0 Å². The topological polar surface area (TPSA) is 47.3 Å². The predicted octanol–water partition coefficient (Wildman–Crippen LogP) is 2.51. The Morgan fingerprint density at radius 2 is 2.05 bits per heavy atom. The summed E-state index contributed by atoms with van der Waals surface area (Å²) in [5, 5.41) is 13.7. The monoisotopic (exact) mass is 286 g/mol. The number of benzene rings is 1. The Morgan fingerprint density at radius 1 is 1.24 bits per heavy atom. The molecule has 0 spiro atoms. The van der Waals surface area contributed by atoms with Crippen molar-refractivity contribution in [1.82, 2.24) is 9.78 Å². The lowest BCUT2D eigenvalue weighted by Gasteiger charge is -2.21. The molecule has 0 amide bonds. The van der Waals surface area contributed by atoms with E-state index >= 15 is 0 Å². The number of aliphatic hydroxyl groups is 1. The van der Waals surface area contributed by atoms with Crippen LogP contribution in [0.1, 0.15) is 18.4 Å². The summed E-state index contributed by atoms with van der Waals surface area (Å²) in [6.45, 7) is 2.88. The smallest absolute Gasteiger partial charge is 0.0568 e. The van der Waals surface area contributed by atoms with Crippen molar-refractivity contribution in [2.75, 3.05) is 19.8 Å². The Morgan fingerprint density at radius 3 is 2.86 bits per heavy atom. The lowest BCUT2D eigenvalue weighted by molar-refractivity contribution is 0.0601. The van der Waals surface area contributed by atoms with Gasteiger partial charge in [0.05, 0.1) is 6.20 Å². The molecule has 1 saturated heterocycles. The van der Waals surface area contributed by atoms with E-state index in [0.717, 1.165) is 38.2 Å². The van der Waals surface area contributed by atoms with E-state index in [1.165, 1.54) is 11.1 Å². The van der Waals surface area contributed by atoms with E-state index in [4.69, 9.17) is 4.74 Å². The van der Waals surface area contributed by atoms with E-state index in [0.29, 0.717) is 12.3 Å². The van der Waals surface area contributed by atoms with Crippen LogP contribution in [0.15, 0.2) is 36.7 Å². The summed E-state index contributed by atoms with van der Waals surface area (Å²) >= 11 is 0. The minimum absolute atomic E-state index is 0.174. The first kappa shape index (κ1) is 14.3. The quantitative estimate of drug-likeness (QED) is 0.918. The van der Waals surface area contributed by atoms with Crippen LogP contribution in [-0.4, -0.2) is 34.7 Å². The van der Waals surface area contributed by atoms with Crippen LogP contribution >= 0.6 is 0 Å². The second-order valence-corrected chi connectivity index (χ2v) is 5.64. The molecule has 4 heteroatoms. The zero-order chi connectivity index (χ0) is 14.5. The molecule has 1 fully saturated rings. The number of nitrogens with zero attached hydrogens (tertiary/aromatic N) is 2. The average Bonchev–Trinajstić information content (AvgIpc) is 2.97. The Bertz CT molecular complexity index is 574. The van der Waals surface area contributed by atoms with Crippen LogP contribution in [0, 0.1) is 5.92 Å². The van der Waals surface area contributed by atoms with E-state index in [2.05, 4.69) is 23.4 Å². The molecule has 0 aliphatic carbocycles. The maximum absolute atomic E-state index is 9.18. The lowest BCUT2D eigenvalue weighted by Crippen LogP contribution is -2.20. The number of hydrogen-bond acceptors (Lipinski definition) is 3. The fourth-order valence-electron chi connectivity index (χ4n) is 2.94. The molecule has 21 heavy (non-hydrogen) atoms. The SMILES string of the molecule is OCCc1ccccc1-c1cnn(CC2CCOCC2)c1. The van der Waals surface area contributed by atoms with Gasteiger partial charge >= 0.3 is 0 Å². The van der Waals surface area contributed by atoms with Crippen LogP contribution in [0.3, 0.4) is 0 Å². The largest absolute Gasteiger partial charge is 0.396 e. The summed E-state index contributed by atoms with van der Waals surface area (Å²) in [5.74, 6) is 0.666. The molecule has 2 heterocycles. The van der Waals surface area contributed by atoms with Gasteiger partial charge in [0, 0.05) is 38.1 Å². The number of aromatic nitrogens is 2. The summed E-state index contributed by atoms with van der Waals surface area (Å²) < 4.78 is 7.44. The Balaban J connectivity index is 1.75. The van der Waals surface area contributed by atoms with Crippen molar-refractivity contribution in [3.05, 3.63) is 42.2 Å². The van der Waals surface area contributed by atoms with Gasteiger partial charge in [-0.3, -0.25) is 4.68 Å². The van der Waals surface area contributed by atoms with Crippen molar-refractivity contribution < 1.29 is 9.84 Å². The fraction of sp³-hybridized carbons (Fsp3) is 0.471. The second-order valence-electron chi connectivity index (χ2n) is 5.64. The van der Waals surface area contributed by atoms with E-state index in [1.807, 2.05) is 23.0 Å².